The van der Waals surface area contributed by atoms with Crippen LogP contribution in [0.2, 0.25) is 0 Å². The van der Waals surface area contributed by atoms with Gasteiger partial charge < -0.3 is 20.3 Å². The van der Waals surface area contributed by atoms with Gasteiger partial charge in [0.15, 0.2) is 0 Å². The van der Waals surface area contributed by atoms with Crippen molar-refractivity contribution in [1.29, 1.82) is 0 Å². The molecule has 208 valence electrons. The molecule has 0 spiro atoms. The zero-order valence-corrected chi connectivity index (χ0v) is 23.0. The molecule has 13 nitrogen and oxygen atoms in total. The molecule has 0 aromatic carbocycles. The van der Waals surface area contributed by atoms with Crippen molar-refractivity contribution in [2.45, 2.75) is 71.1 Å². The molecule has 2 fully saturated rings. The van der Waals surface area contributed by atoms with E-state index in [1.165, 1.54) is 0 Å². The van der Waals surface area contributed by atoms with Crippen LogP contribution in [0.5, 0.6) is 0 Å². The highest BCUT2D eigenvalue weighted by Crippen LogP contribution is 2.29. The van der Waals surface area contributed by atoms with Gasteiger partial charge in [-0.3, -0.25) is 19.8 Å². The molecule has 5 N–H and O–H groups in total. The molecule has 13 heteroatoms. The number of nitrogens with zero attached hydrogens (tertiary/aromatic N) is 6. The normalized spacial score (nSPS) is 20.6. The molecular weight excluding hydrogens is 488 g/mol. The summed E-state index contributed by atoms with van der Waals surface area (Å²) in [6.07, 6.45) is 7.19. The molecule has 0 atom stereocenters. The predicted molar refractivity (Wildman–Crippen MR) is 144 cm³/mol. The number of hydrogen-bond donors (Lipinski definition) is 4. The average Bonchev–Trinajstić information content (AvgIpc) is 3.27. The minimum Gasteiger partial charge on any atom is -0.444 e. The Kier molecular flexibility index (Phi) is 8.36. The minimum atomic E-state index is -0.484. The molecule has 0 unspecified atom stereocenters. The third kappa shape index (κ3) is 6.90. The van der Waals surface area contributed by atoms with Crippen molar-refractivity contribution in [2.24, 2.45) is 12.9 Å². The minimum absolute atomic E-state index is 0.166. The Morgan fingerprint density at radius 1 is 1.08 bits per heavy atom. The smallest absolute Gasteiger partial charge is 0.410 e. The van der Waals surface area contributed by atoms with Crippen LogP contribution < -0.4 is 21.9 Å². The van der Waals surface area contributed by atoms with Crippen LogP contribution in [0.25, 0.3) is 0 Å². The molecule has 3 heterocycles. The number of hydrazine groups is 1. The van der Waals surface area contributed by atoms with Gasteiger partial charge in [-0.2, -0.15) is 10.1 Å². The van der Waals surface area contributed by atoms with E-state index in [1.54, 1.807) is 22.7 Å². The van der Waals surface area contributed by atoms with Gasteiger partial charge in [0.25, 0.3) is 5.91 Å². The van der Waals surface area contributed by atoms with E-state index in [-0.39, 0.29) is 12.1 Å². The number of nitrogens with one attached hydrogen (secondary N) is 3. The highest BCUT2D eigenvalue weighted by Gasteiger charge is 2.32. The number of nitrogen functional groups attached to an aromatic ring is 1. The van der Waals surface area contributed by atoms with Crippen molar-refractivity contribution in [1.82, 2.24) is 35.0 Å². The number of rotatable bonds is 6. The molecule has 0 bridgehead atoms. The Labute approximate surface area is 223 Å². The van der Waals surface area contributed by atoms with Crippen molar-refractivity contribution in [2.75, 3.05) is 36.8 Å². The van der Waals surface area contributed by atoms with Crippen LogP contribution in [-0.4, -0.2) is 85.4 Å². The first-order valence-electron chi connectivity index (χ1n) is 13.2. The van der Waals surface area contributed by atoms with Gasteiger partial charge in [0.2, 0.25) is 5.95 Å². The maximum atomic E-state index is 12.5. The number of carbonyl (C=O) groups excluding carboxylic acids is 2. The summed E-state index contributed by atoms with van der Waals surface area (Å²) in [6.45, 7) is 10.5. The van der Waals surface area contributed by atoms with Crippen molar-refractivity contribution in [3.05, 3.63) is 23.7 Å². The molecule has 1 saturated carbocycles. The Bertz CT molecular complexity index is 1130. The zero-order valence-electron chi connectivity index (χ0n) is 23.0. The van der Waals surface area contributed by atoms with Crippen LogP contribution in [0.15, 0.2) is 12.4 Å². The van der Waals surface area contributed by atoms with Crippen LogP contribution in [0.1, 0.15) is 62.5 Å². The second-order valence-electron chi connectivity index (χ2n) is 11.0. The molecule has 2 aromatic rings. The van der Waals surface area contributed by atoms with Crippen molar-refractivity contribution < 1.29 is 14.3 Å². The Morgan fingerprint density at radius 2 is 1.76 bits per heavy atom. The van der Waals surface area contributed by atoms with Crippen molar-refractivity contribution >= 4 is 29.5 Å². The van der Waals surface area contributed by atoms with E-state index in [4.69, 9.17) is 10.6 Å². The molecular formula is C25H40N10O3. The van der Waals surface area contributed by atoms with E-state index in [0.29, 0.717) is 42.2 Å². The lowest BCUT2D eigenvalue weighted by molar-refractivity contribution is 0.00806. The predicted octanol–water partition coefficient (Wildman–Crippen LogP) is 2.14. The third-order valence-corrected chi connectivity index (χ3v) is 6.93. The Balaban J connectivity index is 1.35. The second-order valence-corrected chi connectivity index (χ2v) is 11.0. The molecule has 38 heavy (non-hydrogen) atoms. The molecule has 0 radical (unpaired) electrons. The number of aryl methyl sites for hydroxylation is 2. The number of aromatic nitrogens is 4. The van der Waals surface area contributed by atoms with E-state index in [0.717, 1.165) is 44.5 Å². The number of ether oxygens (including phenoxy) is 1. The summed E-state index contributed by atoms with van der Waals surface area (Å²) < 4.78 is 7.20. The van der Waals surface area contributed by atoms with E-state index >= 15 is 0 Å². The largest absolute Gasteiger partial charge is 0.444 e. The third-order valence-electron chi connectivity index (χ3n) is 6.93. The first-order chi connectivity index (χ1) is 18.0. The summed E-state index contributed by atoms with van der Waals surface area (Å²) in [7, 11) is 1.83. The van der Waals surface area contributed by atoms with Gasteiger partial charge in [-0.1, -0.05) is 0 Å². The van der Waals surface area contributed by atoms with Gasteiger partial charge in [-0.05, 0) is 53.4 Å². The van der Waals surface area contributed by atoms with Gasteiger partial charge in [-0.25, -0.2) is 15.6 Å². The number of amides is 2. The Morgan fingerprint density at radius 3 is 2.34 bits per heavy atom. The highest BCUT2D eigenvalue weighted by molar-refractivity contribution is 5.99. The first-order valence-corrected chi connectivity index (χ1v) is 13.2. The average molecular weight is 529 g/mol. The van der Waals surface area contributed by atoms with Gasteiger partial charge >= 0.3 is 6.09 Å². The van der Waals surface area contributed by atoms with Crippen molar-refractivity contribution in [3.8, 4) is 0 Å². The lowest BCUT2D eigenvalue weighted by Gasteiger charge is -2.42. The van der Waals surface area contributed by atoms with Gasteiger partial charge in [0.1, 0.15) is 17.0 Å². The summed E-state index contributed by atoms with van der Waals surface area (Å²) in [5, 5.41) is 10.8. The number of nitrogens with two attached hydrogens (primary N) is 1. The molecule has 2 aromatic heterocycles. The maximum absolute atomic E-state index is 12.5. The molecule has 1 aliphatic heterocycles. The summed E-state index contributed by atoms with van der Waals surface area (Å²) in [5.41, 5.74) is 3.34. The van der Waals surface area contributed by atoms with Crippen LogP contribution in [0.3, 0.4) is 0 Å². The molecule has 4 rings (SSSR count). The molecule has 2 amide bonds. The molecule has 1 saturated heterocycles. The first kappa shape index (κ1) is 27.6. The number of hydrogen-bond acceptors (Lipinski definition) is 10. The fourth-order valence-electron chi connectivity index (χ4n) is 5.07. The quantitative estimate of drug-likeness (QED) is 0.249. The summed E-state index contributed by atoms with van der Waals surface area (Å²) in [4.78, 5) is 38.3. The lowest BCUT2D eigenvalue weighted by atomic mass is 9.89. The van der Waals surface area contributed by atoms with Crippen LogP contribution in [-0.2, 0) is 11.8 Å². The topological polar surface area (TPSA) is 156 Å². The molecule has 2 aliphatic rings. The highest BCUT2D eigenvalue weighted by atomic mass is 16.6. The Hall–Kier alpha value is -3.45. The van der Waals surface area contributed by atoms with Crippen LogP contribution in [0, 0.1) is 6.92 Å². The zero-order chi connectivity index (χ0) is 27.4. The monoisotopic (exact) mass is 528 g/mol. The van der Waals surface area contributed by atoms with E-state index in [1.807, 2.05) is 34.0 Å². The fourth-order valence-corrected chi connectivity index (χ4v) is 5.07. The van der Waals surface area contributed by atoms with E-state index < -0.39 is 11.5 Å². The summed E-state index contributed by atoms with van der Waals surface area (Å²) in [5.74, 6) is 5.85. The van der Waals surface area contributed by atoms with Crippen molar-refractivity contribution in [3.63, 3.8) is 0 Å². The summed E-state index contributed by atoms with van der Waals surface area (Å²) in [6, 6.07) is 0.634. The maximum Gasteiger partial charge on any atom is 0.410 e. The van der Waals surface area contributed by atoms with E-state index in [2.05, 4.69) is 36.0 Å². The second kappa shape index (κ2) is 11.5. The summed E-state index contributed by atoms with van der Waals surface area (Å²) >= 11 is 0. The standard InChI is InChI=1S/C25H40N10O3/c1-16-20(22(36)32-26)21(31-23(28-16)30-18-14-27-33(5)15-18)29-17-6-8-19(9-7-17)34-10-12-35(13-11-34)24(37)38-25(2,3)4/h14-15,17,19H,6-13,26H2,1-5H3,(H,32,36)(H2,28,29,30,31). The van der Waals surface area contributed by atoms with Crippen LogP contribution in [0.4, 0.5) is 22.2 Å². The number of carbonyl (C=O) groups is 2. The van der Waals surface area contributed by atoms with Crippen LogP contribution >= 0.6 is 0 Å². The number of piperazine rings is 1. The van der Waals surface area contributed by atoms with Gasteiger partial charge in [0, 0.05) is 51.5 Å². The SMILES string of the molecule is Cc1nc(Nc2cnn(C)c2)nc(NC2CCC(N3CCN(C(=O)OC(C)(C)C)CC3)CC2)c1C(=O)NN. The fraction of sp³-hybridized carbons (Fsp3) is 0.640. The van der Waals surface area contributed by atoms with Gasteiger partial charge in [-0.15, -0.1) is 0 Å². The van der Waals surface area contributed by atoms with Gasteiger partial charge in [0.05, 0.1) is 17.6 Å². The molecule has 1 aliphatic carbocycles. The number of anilines is 3. The lowest BCUT2D eigenvalue weighted by Crippen LogP contribution is -2.53. The van der Waals surface area contributed by atoms with E-state index in [9.17, 15) is 9.59 Å².